The molecule has 5 nitrogen and oxygen atoms in total. The Labute approximate surface area is 157 Å². The van der Waals surface area contributed by atoms with Gasteiger partial charge in [-0.15, -0.1) is 11.8 Å². The molecule has 1 saturated heterocycles. The third kappa shape index (κ3) is 4.31. The van der Waals surface area contributed by atoms with E-state index in [9.17, 15) is 4.79 Å². The molecule has 0 spiro atoms. The molecule has 0 unspecified atom stereocenters. The Balaban J connectivity index is 1.74. The van der Waals surface area contributed by atoms with E-state index in [1.807, 2.05) is 37.3 Å². The summed E-state index contributed by atoms with van der Waals surface area (Å²) in [5.74, 6) is 1.11. The maximum absolute atomic E-state index is 11.1. The molecule has 0 radical (unpaired) electrons. The largest absolute Gasteiger partial charge is 0.490 e. The van der Waals surface area contributed by atoms with E-state index in [2.05, 4.69) is 24.4 Å². The highest BCUT2D eigenvalue weighted by atomic mass is 32.2. The van der Waals surface area contributed by atoms with Crippen molar-refractivity contribution in [3.05, 3.63) is 59.2 Å². The molecule has 3 rings (SSSR count). The van der Waals surface area contributed by atoms with E-state index in [0.29, 0.717) is 30.5 Å². The van der Waals surface area contributed by atoms with Crippen LogP contribution in [0.2, 0.25) is 0 Å². The number of carbonyl (C=O) groups is 1. The number of ether oxygens (including phenoxy) is 2. The van der Waals surface area contributed by atoms with Gasteiger partial charge in [-0.1, -0.05) is 30.3 Å². The zero-order valence-corrected chi connectivity index (χ0v) is 15.7. The molecule has 2 aromatic carbocycles. The van der Waals surface area contributed by atoms with Crippen LogP contribution in [-0.2, 0) is 11.4 Å². The van der Waals surface area contributed by atoms with Crippen molar-refractivity contribution in [1.29, 1.82) is 0 Å². The lowest BCUT2D eigenvalue weighted by molar-refractivity contribution is -0.138. The van der Waals surface area contributed by atoms with Crippen LogP contribution < -0.4 is 14.8 Å². The Morgan fingerprint density at radius 2 is 2.04 bits per heavy atom. The fraction of sp³-hybridized carbons (Fsp3) is 0.350. The number of rotatable bonds is 7. The molecular formula is C20H23NO4S. The molecule has 138 valence electrons. The van der Waals surface area contributed by atoms with Crippen LogP contribution in [0.1, 0.15) is 29.0 Å². The highest BCUT2D eigenvalue weighted by Crippen LogP contribution is 2.38. The van der Waals surface area contributed by atoms with Crippen LogP contribution in [0.25, 0.3) is 0 Å². The lowest BCUT2D eigenvalue weighted by Crippen LogP contribution is -2.33. The van der Waals surface area contributed by atoms with Crippen LogP contribution in [0, 0.1) is 6.92 Å². The summed E-state index contributed by atoms with van der Waals surface area (Å²) in [4.78, 5) is 11.1. The molecule has 26 heavy (non-hydrogen) atoms. The number of hydrogen-bond donors (Lipinski definition) is 2. The van der Waals surface area contributed by atoms with E-state index in [4.69, 9.17) is 14.6 Å². The van der Waals surface area contributed by atoms with E-state index in [1.54, 1.807) is 11.8 Å². The minimum atomic E-state index is -0.816. The van der Waals surface area contributed by atoms with Gasteiger partial charge in [0.05, 0.1) is 12.0 Å². The third-order valence-electron chi connectivity index (χ3n) is 4.30. The summed E-state index contributed by atoms with van der Waals surface area (Å²) in [7, 11) is 0. The van der Waals surface area contributed by atoms with Crippen LogP contribution in [0.3, 0.4) is 0 Å². The first-order valence-electron chi connectivity index (χ1n) is 8.63. The number of aryl methyl sites for hydroxylation is 1. The minimum Gasteiger partial charge on any atom is -0.490 e. The molecular weight excluding hydrogens is 350 g/mol. The lowest BCUT2D eigenvalue weighted by atomic mass is 10.1. The summed E-state index contributed by atoms with van der Waals surface area (Å²) < 4.78 is 11.7. The molecule has 0 saturated carbocycles. The van der Waals surface area contributed by atoms with Crippen molar-refractivity contribution in [3.8, 4) is 11.5 Å². The second kappa shape index (κ2) is 8.47. The number of hydrogen-bond acceptors (Lipinski definition) is 5. The van der Waals surface area contributed by atoms with Gasteiger partial charge >= 0.3 is 5.97 Å². The Bertz CT molecular complexity index is 780. The predicted molar refractivity (Wildman–Crippen MR) is 103 cm³/mol. The molecule has 0 bridgehead atoms. The number of benzene rings is 2. The summed E-state index contributed by atoms with van der Waals surface area (Å²) in [5.41, 5.74) is 3.31. The summed E-state index contributed by atoms with van der Waals surface area (Å²) in [6.45, 7) is 5.00. The van der Waals surface area contributed by atoms with Crippen molar-refractivity contribution >= 4 is 17.7 Å². The van der Waals surface area contributed by atoms with Crippen molar-refractivity contribution < 1.29 is 19.4 Å². The molecule has 2 atom stereocenters. The number of nitrogens with one attached hydrogen (secondary N) is 1. The average Bonchev–Trinajstić information content (AvgIpc) is 3.12. The minimum absolute atomic E-state index is 0.0549. The van der Waals surface area contributed by atoms with Crippen molar-refractivity contribution in [3.63, 3.8) is 0 Å². The Hall–Kier alpha value is -2.18. The molecule has 2 N–H and O–H groups in total. The first kappa shape index (κ1) is 18.6. The van der Waals surface area contributed by atoms with E-state index in [0.717, 1.165) is 11.1 Å². The Kier molecular flexibility index (Phi) is 6.06. The Morgan fingerprint density at radius 1 is 1.23 bits per heavy atom. The average molecular weight is 373 g/mol. The molecule has 0 aromatic heterocycles. The standard InChI is InChI=1S/C20H23NO4S/c1-3-24-18-10-14(19-21-16(12-26-19)20(22)23)8-9-17(18)25-11-15-7-5-4-6-13(15)2/h4-10,16,19,21H,3,11-12H2,1-2H3,(H,22,23)/t16-,19-/m0/s1. The fourth-order valence-corrected chi connectivity index (χ4v) is 4.03. The molecule has 6 heteroatoms. The van der Waals surface area contributed by atoms with Crippen molar-refractivity contribution in [2.75, 3.05) is 12.4 Å². The van der Waals surface area contributed by atoms with Crippen molar-refractivity contribution in [2.24, 2.45) is 0 Å². The normalized spacial score (nSPS) is 19.3. The van der Waals surface area contributed by atoms with Crippen LogP contribution in [0.4, 0.5) is 0 Å². The van der Waals surface area contributed by atoms with Gasteiger partial charge in [0.25, 0.3) is 0 Å². The van der Waals surface area contributed by atoms with Gasteiger partial charge in [-0.05, 0) is 42.7 Å². The first-order valence-corrected chi connectivity index (χ1v) is 9.68. The topological polar surface area (TPSA) is 67.8 Å². The molecule has 0 aliphatic carbocycles. The number of carboxylic acids is 1. The van der Waals surface area contributed by atoms with Gasteiger partial charge in [0.1, 0.15) is 12.6 Å². The predicted octanol–water partition coefficient (Wildman–Crippen LogP) is 3.76. The van der Waals surface area contributed by atoms with E-state index < -0.39 is 12.0 Å². The van der Waals surface area contributed by atoms with Gasteiger partial charge in [-0.3, -0.25) is 10.1 Å². The van der Waals surface area contributed by atoms with Crippen LogP contribution in [-0.4, -0.2) is 29.5 Å². The molecule has 1 fully saturated rings. The zero-order valence-electron chi connectivity index (χ0n) is 14.9. The SMILES string of the molecule is CCOc1cc([C@H]2N[C@H](C(=O)O)CS2)ccc1OCc1ccccc1C. The summed E-state index contributed by atoms with van der Waals surface area (Å²) >= 11 is 1.59. The zero-order chi connectivity index (χ0) is 18.5. The van der Waals surface area contributed by atoms with Crippen LogP contribution >= 0.6 is 11.8 Å². The second-order valence-corrected chi connectivity index (χ2v) is 7.26. The summed E-state index contributed by atoms with van der Waals surface area (Å²) in [6, 6.07) is 13.4. The van der Waals surface area contributed by atoms with Gasteiger partial charge in [0.2, 0.25) is 0 Å². The first-order chi connectivity index (χ1) is 12.6. The summed E-state index contributed by atoms with van der Waals surface area (Å²) in [6.07, 6.45) is 0. The second-order valence-electron chi connectivity index (χ2n) is 6.13. The maximum Gasteiger partial charge on any atom is 0.321 e. The van der Waals surface area contributed by atoms with Gasteiger partial charge < -0.3 is 14.6 Å². The van der Waals surface area contributed by atoms with E-state index in [-0.39, 0.29) is 5.37 Å². The fourth-order valence-electron chi connectivity index (χ4n) is 2.81. The number of carboxylic acid groups (broad SMARTS) is 1. The maximum atomic E-state index is 11.1. The van der Waals surface area contributed by atoms with Crippen LogP contribution in [0.15, 0.2) is 42.5 Å². The van der Waals surface area contributed by atoms with Gasteiger partial charge in [-0.2, -0.15) is 0 Å². The summed E-state index contributed by atoms with van der Waals surface area (Å²) in [5, 5.41) is 12.2. The molecule has 2 aromatic rings. The van der Waals surface area contributed by atoms with Gasteiger partial charge in [-0.25, -0.2) is 0 Å². The quantitative estimate of drug-likeness (QED) is 0.770. The molecule has 1 aliphatic heterocycles. The molecule has 1 heterocycles. The third-order valence-corrected chi connectivity index (χ3v) is 5.56. The van der Waals surface area contributed by atoms with Crippen molar-refractivity contribution in [1.82, 2.24) is 5.32 Å². The molecule has 0 amide bonds. The molecule has 1 aliphatic rings. The smallest absolute Gasteiger partial charge is 0.321 e. The number of aliphatic carboxylic acids is 1. The van der Waals surface area contributed by atoms with E-state index in [1.165, 1.54) is 5.56 Å². The van der Waals surface area contributed by atoms with E-state index >= 15 is 0 Å². The van der Waals surface area contributed by atoms with Crippen LogP contribution in [0.5, 0.6) is 11.5 Å². The van der Waals surface area contributed by atoms with Crippen molar-refractivity contribution in [2.45, 2.75) is 31.9 Å². The Morgan fingerprint density at radius 3 is 2.73 bits per heavy atom. The van der Waals surface area contributed by atoms with Gasteiger partial charge in [0.15, 0.2) is 11.5 Å². The van der Waals surface area contributed by atoms with Gasteiger partial charge in [0, 0.05) is 5.75 Å². The highest BCUT2D eigenvalue weighted by Gasteiger charge is 2.30. The highest BCUT2D eigenvalue weighted by molar-refractivity contribution is 7.99. The lowest BCUT2D eigenvalue weighted by Gasteiger charge is -2.17. The number of thioether (sulfide) groups is 1. The monoisotopic (exact) mass is 373 g/mol.